The number of carbonyl (C=O) groups excluding carboxylic acids is 3. The molecule has 190 valence electrons. The first kappa shape index (κ1) is 23.3. The Morgan fingerprint density at radius 1 is 1.22 bits per heavy atom. The van der Waals surface area contributed by atoms with E-state index in [1.807, 2.05) is 53.4 Å². The summed E-state index contributed by atoms with van der Waals surface area (Å²) in [5, 5.41) is 6.14. The van der Waals surface area contributed by atoms with Crippen LogP contribution in [-0.2, 0) is 28.1 Å². The van der Waals surface area contributed by atoms with Gasteiger partial charge in [-0.1, -0.05) is 36.4 Å². The van der Waals surface area contributed by atoms with Crippen LogP contribution in [0.5, 0.6) is 0 Å². The average Bonchev–Trinajstić information content (AvgIpc) is 3.44. The lowest BCUT2D eigenvalue weighted by molar-refractivity contribution is -0.141. The number of benzene rings is 2. The molecule has 2 aliphatic carbocycles. The number of hydrogen-bond donors (Lipinski definition) is 3. The van der Waals surface area contributed by atoms with E-state index in [1.54, 1.807) is 12.4 Å². The zero-order chi connectivity index (χ0) is 25.6. The summed E-state index contributed by atoms with van der Waals surface area (Å²) in [5.41, 5.74) is 2.54. The fourth-order valence-corrected chi connectivity index (χ4v) is 5.64. The van der Waals surface area contributed by atoms with E-state index in [2.05, 4.69) is 27.5 Å². The van der Waals surface area contributed by atoms with Gasteiger partial charge in [0.1, 0.15) is 12.1 Å². The second kappa shape index (κ2) is 9.06. The minimum absolute atomic E-state index is 0.0507. The first-order valence-electron chi connectivity index (χ1n) is 12.8. The lowest BCUT2D eigenvalue weighted by Crippen LogP contribution is -2.47. The highest BCUT2D eigenvalue weighted by Crippen LogP contribution is 2.42. The van der Waals surface area contributed by atoms with Crippen LogP contribution in [0.3, 0.4) is 0 Å². The van der Waals surface area contributed by atoms with Crippen LogP contribution in [0.1, 0.15) is 42.9 Å². The SMILES string of the molecule is CC(C1CC1)N(Cc1ccccc1)C(=O)CN1C(=O)NC2(CCc3cc(Nc4ncc[nH]4)ccc32)C1=O. The van der Waals surface area contributed by atoms with Crippen molar-refractivity contribution in [1.82, 2.24) is 25.1 Å². The summed E-state index contributed by atoms with van der Waals surface area (Å²) in [5.74, 6) is 0.533. The zero-order valence-electron chi connectivity index (χ0n) is 20.7. The van der Waals surface area contributed by atoms with Crippen LogP contribution in [-0.4, -0.2) is 50.2 Å². The number of rotatable bonds is 8. The van der Waals surface area contributed by atoms with Gasteiger partial charge in [0, 0.05) is 30.7 Å². The van der Waals surface area contributed by atoms with E-state index in [0.29, 0.717) is 31.3 Å². The molecule has 0 radical (unpaired) electrons. The number of fused-ring (bicyclic) bond motifs is 2. The molecule has 3 aromatic rings. The van der Waals surface area contributed by atoms with Crippen LogP contribution < -0.4 is 10.6 Å². The molecule has 9 heteroatoms. The van der Waals surface area contributed by atoms with Gasteiger partial charge in [-0.25, -0.2) is 9.78 Å². The van der Waals surface area contributed by atoms with Gasteiger partial charge in [-0.15, -0.1) is 0 Å². The molecule has 6 rings (SSSR count). The fraction of sp³-hybridized carbons (Fsp3) is 0.357. The van der Waals surface area contributed by atoms with Crippen molar-refractivity contribution in [2.24, 2.45) is 5.92 Å². The molecule has 4 amide bonds. The van der Waals surface area contributed by atoms with E-state index in [9.17, 15) is 14.4 Å². The highest BCUT2D eigenvalue weighted by atomic mass is 16.2. The maximum atomic E-state index is 13.7. The Labute approximate surface area is 215 Å². The van der Waals surface area contributed by atoms with Crippen molar-refractivity contribution in [2.75, 3.05) is 11.9 Å². The molecule has 0 bridgehead atoms. The van der Waals surface area contributed by atoms with Crippen LogP contribution in [0.25, 0.3) is 0 Å². The Kier molecular flexibility index (Phi) is 5.70. The molecule has 9 nitrogen and oxygen atoms in total. The van der Waals surface area contributed by atoms with Gasteiger partial charge in [-0.2, -0.15) is 0 Å². The van der Waals surface area contributed by atoms with Crippen LogP contribution in [0, 0.1) is 5.92 Å². The lowest BCUT2D eigenvalue weighted by atomic mass is 9.91. The van der Waals surface area contributed by atoms with Crippen molar-refractivity contribution in [3.8, 4) is 0 Å². The Bertz CT molecular complexity index is 1340. The number of hydrogen-bond acceptors (Lipinski definition) is 5. The molecule has 1 aromatic heterocycles. The molecule has 37 heavy (non-hydrogen) atoms. The van der Waals surface area contributed by atoms with Gasteiger partial charge < -0.3 is 20.5 Å². The second-order valence-electron chi connectivity index (χ2n) is 10.2. The first-order chi connectivity index (χ1) is 17.9. The maximum Gasteiger partial charge on any atom is 0.325 e. The molecule has 3 N–H and O–H groups in total. The summed E-state index contributed by atoms with van der Waals surface area (Å²) in [4.78, 5) is 50.4. The Morgan fingerprint density at radius 3 is 2.76 bits per heavy atom. The molecule has 2 aromatic carbocycles. The number of imide groups is 1. The predicted octanol–water partition coefficient (Wildman–Crippen LogP) is 3.67. The summed E-state index contributed by atoms with van der Waals surface area (Å²) in [7, 11) is 0. The minimum atomic E-state index is -1.12. The summed E-state index contributed by atoms with van der Waals surface area (Å²) < 4.78 is 0. The predicted molar refractivity (Wildman–Crippen MR) is 138 cm³/mol. The number of aromatic amines is 1. The van der Waals surface area contributed by atoms with Crippen molar-refractivity contribution in [3.63, 3.8) is 0 Å². The lowest BCUT2D eigenvalue weighted by Gasteiger charge is -2.31. The van der Waals surface area contributed by atoms with Crippen molar-refractivity contribution in [2.45, 2.75) is 50.7 Å². The molecular formula is C28H30N6O3. The minimum Gasteiger partial charge on any atom is -0.334 e. The number of urea groups is 1. The van der Waals surface area contributed by atoms with Crippen LogP contribution >= 0.6 is 0 Å². The normalized spacial score (nSPS) is 21.2. The second-order valence-corrected chi connectivity index (χ2v) is 10.2. The smallest absolute Gasteiger partial charge is 0.325 e. The molecule has 2 atom stereocenters. The van der Waals surface area contributed by atoms with E-state index in [4.69, 9.17) is 0 Å². The van der Waals surface area contributed by atoms with Crippen molar-refractivity contribution >= 4 is 29.5 Å². The molecule has 2 unspecified atom stereocenters. The molecular weight excluding hydrogens is 468 g/mol. The van der Waals surface area contributed by atoms with Gasteiger partial charge in [0.2, 0.25) is 11.9 Å². The van der Waals surface area contributed by atoms with Crippen molar-refractivity contribution in [1.29, 1.82) is 0 Å². The van der Waals surface area contributed by atoms with Gasteiger partial charge in [-0.3, -0.25) is 14.5 Å². The Balaban J connectivity index is 1.21. The highest BCUT2D eigenvalue weighted by Gasteiger charge is 2.56. The van der Waals surface area contributed by atoms with Gasteiger partial charge >= 0.3 is 6.03 Å². The van der Waals surface area contributed by atoms with Gasteiger partial charge in [0.05, 0.1) is 0 Å². The molecule has 3 aliphatic rings. The Hall–Kier alpha value is -4.14. The third kappa shape index (κ3) is 4.24. The summed E-state index contributed by atoms with van der Waals surface area (Å²) in [6, 6.07) is 15.1. The number of nitrogens with zero attached hydrogens (tertiary/aromatic N) is 3. The number of aromatic nitrogens is 2. The zero-order valence-corrected chi connectivity index (χ0v) is 20.7. The number of carbonyl (C=O) groups is 3. The van der Waals surface area contributed by atoms with Gasteiger partial charge in [0.25, 0.3) is 5.91 Å². The third-order valence-corrected chi connectivity index (χ3v) is 7.88. The largest absolute Gasteiger partial charge is 0.334 e. The summed E-state index contributed by atoms with van der Waals surface area (Å²) in [6.45, 7) is 2.26. The van der Waals surface area contributed by atoms with Gasteiger partial charge in [-0.05, 0) is 67.3 Å². The fourth-order valence-electron chi connectivity index (χ4n) is 5.64. The summed E-state index contributed by atoms with van der Waals surface area (Å²) in [6.07, 6.45) is 6.71. The number of H-pyrrole nitrogens is 1. The molecule has 1 spiro atoms. The topological polar surface area (TPSA) is 110 Å². The number of amides is 4. The molecule has 1 aliphatic heterocycles. The van der Waals surface area contributed by atoms with Crippen molar-refractivity contribution in [3.05, 3.63) is 77.6 Å². The van der Waals surface area contributed by atoms with E-state index in [-0.39, 0.29) is 24.4 Å². The van der Waals surface area contributed by atoms with E-state index < -0.39 is 11.6 Å². The average molecular weight is 499 g/mol. The van der Waals surface area contributed by atoms with Crippen molar-refractivity contribution < 1.29 is 14.4 Å². The van der Waals surface area contributed by atoms with Gasteiger partial charge in [0.15, 0.2) is 0 Å². The monoisotopic (exact) mass is 498 g/mol. The maximum absolute atomic E-state index is 13.7. The Morgan fingerprint density at radius 2 is 2.03 bits per heavy atom. The third-order valence-electron chi connectivity index (χ3n) is 7.88. The molecule has 2 heterocycles. The summed E-state index contributed by atoms with van der Waals surface area (Å²) >= 11 is 0. The van der Waals surface area contributed by atoms with E-state index in [1.165, 1.54) is 0 Å². The van der Waals surface area contributed by atoms with Crippen LogP contribution in [0.4, 0.5) is 16.4 Å². The molecule has 1 saturated heterocycles. The number of imidazole rings is 1. The van der Waals surface area contributed by atoms with Crippen LogP contribution in [0.2, 0.25) is 0 Å². The number of nitrogens with one attached hydrogen (secondary N) is 3. The molecule has 2 fully saturated rings. The number of anilines is 2. The standard InChI is InChI=1S/C28H30N6O3/c1-18(20-7-8-20)33(16-19-5-3-2-4-6-19)24(35)17-34-25(36)28(32-27(34)37)12-11-21-15-22(9-10-23(21)28)31-26-29-13-14-30-26/h2-6,9-10,13-15,18,20H,7-8,11-12,16-17H2,1H3,(H,32,37)(H2,29,30,31). The quantitative estimate of drug-likeness (QED) is 0.411. The molecule has 1 saturated carbocycles. The van der Waals surface area contributed by atoms with Crippen LogP contribution in [0.15, 0.2) is 60.9 Å². The first-order valence-corrected chi connectivity index (χ1v) is 12.8. The van der Waals surface area contributed by atoms with E-state index in [0.717, 1.165) is 40.1 Å². The number of aryl methyl sites for hydroxylation is 1. The van der Waals surface area contributed by atoms with E-state index >= 15 is 0 Å². The highest BCUT2D eigenvalue weighted by molar-refractivity contribution is 6.10.